The second kappa shape index (κ2) is 5.24. The van der Waals surface area contributed by atoms with Gasteiger partial charge < -0.3 is 15.5 Å². The zero-order chi connectivity index (χ0) is 12.3. The van der Waals surface area contributed by atoms with Gasteiger partial charge in [-0.3, -0.25) is 0 Å². The number of nitrogens with one attached hydrogen (secondary N) is 1. The summed E-state index contributed by atoms with van der Waals surface area (Å²) in [6.07, 6.45) is 0.496. The third-order valence-corrected chi connectivity index (χ3v) is 2.49. The lowest BCUT2D eigenvalue weighted by molar-refractivity contribution is 0.509. The molecular weight excluding hydrogens is 291 g/mol. The van der Waals surface area contributed by atoms with Gasteiger partial charge in [0.05, 0.1) is 5.69 Å². The Balaban J connectivity index is 2.16. The van der Waals surface area contributed by atoms with Crippen molar-refractivity contribution in [2.75, 3.05) is 11.9 Å². The molecule has 0 saturated heterocycles. The van der Waals surface area contributed by atoms with Crippen LogP contribution in [0.4, 0.5) is 16.1 Å². The van der Waals surface area contributed by atoms with Crippen LogP contribution in [-0.4, -0.2) is 16.7 Å². The highest BCUT2D eigenvalue weighted by atomic mass is 79.9. The van der Waals surface area contributed by atoms with E-state index in [2.05, 4.69) is 31.4 Å². The summed E-state index contributed by atoms with van der Waals surface area (Å²) in [5, 5.41) is 10.2. The van der Waals surface area contributed by atoms with E-state index in [-0.39, 0.29) is 11.7 Å². The minimum atomic E-state index is -0.397. The van der Waals surface area contributed by atoms with Crippen LogP contribution in [0, 0.1) is 5.82 Å². The van der Waals surface area contributed by atoms with Gasteiger partial charge in [-0.1, -0.05) is 21.0 Å². The topological polar surface area (TPSA) is 77.0 Å². The molecule has 0 aliphatic carbocycles. The lowest BCUT2D eigenvalue weighted by Crippen LogP contribution is -2.02. The van der Waals surface area contributed by atoms with Crippen LogP contribution in [0.5, 0.6) is 0 Å². The van der Waals surface area contributed by atoms with Gasteiger partial charge in [-0.25, -0.2) is 4.39 Å². The lowest BCUT2D eigenvalue weighted by Gasteiger charge is -2.02. The van der Waals surface area contributed by atoms with Crippen LogP contribution in [0.25, 0.3) is 0 Å². The maximum atomic E-state index is 13.4. The van der Waals surface area contributed by atoms with E-state index in [0.29, 0.717) is 18.9 Å². The fourth-order valence-corrected chi connectivity index (χ4v) is 1.60. The molecule has 2 aromatic rings. The van der Waals surface area contributed by atoms with E-state index in [4.69, 9.17) is 10.2 Å². The molecule has 1 aromatic carbocycles. The highest BCUT2D eigenvalue weighted by molar-refractivity contribution is 9.10. The first-order valence-electron chi connectivity index (χ1n) is 4.93. The van der Waals surface area contributed by atoms with Crippen LogP contribution >= 0.6 is 15.9 Å². The Hall–Kier alpha value is -1.47. The van der Waals surface area contributed by atoms with Gasteiger partial charge in [-0.2, -0.15) is 0 Å². The van der Waals surface area contributed by atoms with Gasteiger partial charge in [-0.05, 0) is 18.2 Å². The van der Waals surface area contributed by atoms with E-state index in [1.165, 1.54) is 6.07 Å². The first kappa shape index (κ1) is 12.0. The molecular formula is C10H10BrFN4O. The van der Waals surface area contributed by atoms with Gasteiger partial charge in [0.15, 0.2) is 0 Å². The third kappa shape index (κ3) is 3.01. The molecule has 3 N–H and O–H groups in total. The SMILES string of the molecule is NCCc1nnc(Nc2cc(Br)ccc2F)o1. The van der Waals surface area contributed by atoms with Gasteiger partial charge in [0.1, 0.15) is 5.82 Å². The van der Waals surface area contributed by atoms with Gasteiger partial charge in [-0.15, -0.1) is 5.10 Å². The van der Waals surface area contributed by atoms with Crippen molar-refractivity contribution >= 4 is 27.6 Å². The number of halogens is 2. The van der Waals surface area contributed by atoms with Crippen molar-refractivity contribution in [1.82, 2.24) is 10.2 Å². The minimum absolute atomic E-state index is 0.144. The number of anilines is 2. The van der Waals surface area contributed by atoms with E-state index >= 15 is 0 Å². The summed E-state index contributed by atoms with van der Waals surface area (Å²) in [7, 11) is 0. The highest BCUT2D eigenvalue weighted by Crippen LogP contribution is 2.23. The van der Waals surface area contributed by atoms with Crippen LogP contribution in [0.15, 0.2) is 27.1 Å². The van der Waals surface area contributed by atoms with Crippen LogP contribution in [-0.2, 0) is 6.42 Å². The van der Waals surface area contributed by atoms with Crippen molar-refractivity contribution in [3.8, 4) is 0 Å². The summed E-state index contributed by atoms with van der Waals surface area (Å²) < 4.78 is 19.4. The quantitative estimate of drug-likeness (QED) is 0.905. The van der Waals surface area contributed by atoms with Crippen molar-refractivity contribution < 1.29 is 8.81 Å². The number of nitrogens with two attached hydrogens (primary N) is 1. The molecule has 2 rings (SSSR count). The Morgan fingerprint density at radius 2 is 2.24 bits per heavy atom. The number of hydrogen-bond donors (Lipinski definition) is 2. The molecule has 0 aliphatic heterocycles. The molecule has 0 unspecified atom stereocenters. The van der Waals surface area contributed by atoms with E-state index in [0.717, 1.165) is 4.47 Å². The van der Waals surface area contributed by atoms with E-state index in [1.54, 1.807) is 12.1 Å². The zero-order valence-electron chi connectivity index (χ0n) is 8.78. The average Bonchev–Trinajstić information content (AvgIpc) is 2.72. The second-order valence-electron chi connectivity index (χ2n) is 3.29. The number of aromatic nitrogens is 2. The van der Waals surface area contributed by atoms with Crippen molar-refractivity contribution in [3.05, 3.63) is 34.4 Å². The van der Waals surface area contributed by atoms with E-state index < -0.39 is 5.82 Å². The predicted molar refractivity (Wildman–Crippen MR) is 64.4 cm³/mol. The number of hydrogen-bond acceptors (Lipinski definition) is 5. The smallest absolute Gasteiger partial charge is 0.320 e. The zero-order valence-corrected chi connectivity index (χ0v) is 10.4. The lowest BCUT2D eigenvalue weighted by atomic mass is 10.3. The normalized spacial score (nSPS) is 10.5. The molecule has 0 aliphatic rings. The molecule has 0 amide bonds. The maximum absolute atomic E-state index is 13.4. The maximum Gasteiger partial charge on any atom is 0.320 e. The Kier molecular flexibility index (Phi) is 3.70. The monoisotopic (exact) mass is 300 g/mol. The molecule has 0 fully saturated rings. The Labute approximate surface area is 105 Å². The molecule has 17 heavy (non-hydrogen) atoms. The Morgan fingerprint density at radius 3 is 3.00 bits per heavy atom. The fourth-order valence-electron chi connectivity index (χ4n) is 1.24. The molecule has 0 radical (unpaired) electrons. The van der Waals surface area contributed by atoms with Gasteiger partial charge in [0.25, 0.3) is 0 Å². The molecule has 90 valence electrons. The first-order valence-corrected chi connectivity index (χ1v) is 5.73. The van der Waals surface area contributed by atoms with Gasteiger partial charge in [0.2, 0.25) is 5.89 Å². The molecule has 1 heterocycles. The first-order chi connectivity index (χ1) is 8.19. The Bertz CT molecular complexity index is 517. The van der Waals surface area contributed by atoms with Crippen LogP contribution < -0.4 is 11.1 Å². The van der Waals surface area contributed by atoms with Gasteiger partial charge in [0, 0.05) is 17.4 Å². The molecule has 0 saturated carbocycles. The minimum Gasteiger partial charge on any atom is -0.408 e. The molecule has 5 nitrogen and oxygen atoms in total. The van der Waals surface area contributed by atoms with Crippen molar-refractivity contribution in [2.45, 2.75) is 6.42 Å². The summed E-state index contributed by atoms with van der Waals surface area (Å²) in [6.45, 7) is 0.423. The molecule has 0 bridgehead atoms. The Morgan fingerprint density at radius 1 is 1.41 bits per heavy atom. The number of benzene rings is 1. The number of rotatable bonds is 4. The van der Waals surface area contributed by atoms with Gasteiger partial charge >= 0.3 is 6.01 Å². The van der Waals surface area contributed by atoms with Crippen molar-refractivity contribution in [3.63, 3.8) is 0 Å². The van der Waals surface area contributed by atoms with E-state index in [9.17, 15) is 4.39 Å². The summed E-state index contributed by atoms with van der Waals surface area (Å²) in [5.41, 5.74) is 5.62. The van der Waals surface area contributed by atoms with E-state index in [1.807, 2.05) is 0 Å². The fraction of sp³-hybridized carbons (Fsp3) is 0.200. The largest absolute Gasteiger partial charge is 0.408 e. The van der Waals surface area contributed by atoms with Crippen LogP contribution in [0.3, 0.4) is 0 Å². The third-order valence-electron chi connectivity index (χ3n) is 2.00. The molecule has 0 spiro atoms. The standard InChI is InChI=1S/C10H10BrFN4O/c11-6-1-2-7(12)8(5-6)14-10-16-15-9(17-10)3-4-13/h1-2,5H,3-4,13H2,(H,14,16). The van der Waals surface area contributed by atoms with Crippen LogP contribution in [0.1, 0.15) is 5.89 Å². The summed E-state index contributed by atoms with van der Waals surface area (Å²) >= 11 is 3.25. The summed E-state index contributed by atoms with van der Waals surface area (Å²) in [4.78, 5) is 0. The predicted octanol–water partition coefficient (Wildman–Crippen LogP) is 2.22. The molecule has 7 heteroatoms. The summed E-state index contributed by atoms with van der Waals surface area (Å²) in [5.74, 6) is 0.0252. The van der Waals surface area contributed by atoms with Crippen molar-refractivity contribution in [1.29, 1.82) is 0 Å². The summed E-state index contributed by atoms with van der Waals surface area (Å²) in [6, 6.07) is 4.67. The molecule has 0 atom stereocenters. The highest BCUT2D eigenvalue weighted by Gasteiger charge is 2.08. The van der Waals surface area contributed by atoms with Crippen molar-refractivity contribution in [2.24, 2.45) is 5.73 Å². The second-order valence-corrected chi connectivity index (χ2v) is 4.20. The average molecular weight is 301 g/mol. The molecule has 1 aromatic heterocycles. The van der Waals surface area contributed by atoms with Crippen LogP contribution in [0.2, 0.25) is 0 Å². The number of nitrogens with zero attached hydrogens (tertiary/aromatic N) is 2.